The van der Waals surface area contributed by atoms with E-state index in [9.17, 15) is 8.42 Å². The lowest BCUT2D eigenvalue weighted by atomic mass is 9.98. The molecule has 1 saturated heterocycles. The number of hydrogen-bond donors (Lipinski definition) is 1. The van der Waals surface area contributed by atoms with Crippen LogP contribution in [0.2, 0.25) is 0 Å². The predicted octanol–water partition coefficient (Wildman–Crippen LogP) is -0.265. The van der Waals surface area contributed by atoms with E-state index in [1.165, 1.54) is 6.26 Å². The van der Waals surface area contributed by atoms with E-state index in [0.29, 0.717) is 12.5 Å². The summed E-state index contributed by atoms with van der Waals surface area (Å²) in [6, 6.07) is 0. The van der Waals surface area contributed by atoms with Crippen LogP contribution in [0.4, 0.5) is 0 Å². The van der Waals surface area contributed by atoms with Gasteiger partial charge in [0, 0.05) is 19.4 Å². The number of likely N-dealkylation sites (tertiary alicyclic amines) is 1. The van der Waals surface area contributed by atoms with Gasteiger partial charge in [0.15, 0.2) is 0 Å². The Morgan fingerprint density at radius 2 is 1.93 bits per heavy atom. The summed E-state index contributed by atoms with van der Waals surface area (Å²) in [5, 5.41) is 8.92. The molecule has 0 spiro atoms. The Labute approximate surface area is 85.8 Å². The molecular formula is C9H19NO3S. The topological polar surface area (TPSA) is 57.6 Å². The van der Waals surface area contributed by atoms with Crippen LogP contribution in [0.15, 0.2) is 0 Å². The van der Waals surface area contributed by atoms with Gasteiger partial charge in [-0.05, 0) is 31.8 Å². The van der Waals surface area contributed by atoms with E-state index in [4.69, 9.17) is 5.11 Å². The molecule has 0 radical (unpaired) electrons. The molecule has 14 heavy (non-hydrogen) atoms. The van der Waals surface area contributed by atoms with E-state index in [1.807, 2.05) is 0 Å². The average molecular weight is 221 g/mol. The predicted molar refractivity (Wildman–Crippen MR) is 56.0 cm³/mol. The highest BCUT2D eigenvalue weighted by molar-refractivity contribution is 7.90. The van der Waals surface area contributed by atoms with Gasteiger partial charge in [-0.25, -0.2) is 8.42 Å². The molecule has 0 aliphatic carbocycles. The van der Waals surface area contributed by atoms with Crippen molar-refractivity contribution in [1.29, 1.82) is 0 Å². The highest BCUT2D eigenvalue weighted by atomic mass is 32.2. The summed E-state index contributed by atoms with van der Waals surface area (Å²) < 4.78 is 21.9. The van der Waals surface area contributed by atoms with Crippen LogP contribution in [0.25, 0.3) is 0 Å². The van der Waals surface area contributed by atoms with Crippen LogP contribution in [0.3, 0.4) is 0 Å². The zero-order valence-corrected chi connectivity index (χ0v) is 9.46. The van der Waals surface area contributed by atoms with Crippen molar-refractivity contribution in [2.24, 2.45) is 5.92 Å². The molecule has 1 N–H and O–H groups in total. The van der Waals surface area contributed by atoms with Gasteiger partial charge in [-0.3, -0.25) is 0 Å². The molecule has 84 valence electrons. The molecule has 0 aromatic heterocycles. The molecule has 1 heterocycles. The molecular weight excluding hydrogens is 202 g/mol. The van der Waals surface area contributed by atoms with Crippen LogP contribution >= 0.6 is 0 Å². The van der Waals surface area contributed by atoms with Crippen molar-refractivity contribution in [3.05, 3.63) is 0 Å². The largest absolute Gasteiger partial charge is 0.396 e. The van der Waals surface area contributed by atoms with Gasteiger partial charge in [-0.2, -0.15) is 0 Å². The molecule has 0 amide bonds. The summed E-state index contributed by atoms with van der Waals surface area (Å²) in [6.07, 6.45) is 3.24. The van der Waals surface area contributed by atoms with Crippen LogP contribution in [-0.4, -0.2) is 56.7 Å². The van der Waals surface area contributed by atoms with Crippen molar-refractivity contribution >= 4 is 9.84 Å². The maximum Gasteiger partial charge on any atom is 0.148 e. The number of aliphatic hydroxyl groups is 1. The summed E-state index contributed by atoms with van der Waals surface area (Å²) in [6.45, 7) is 2.73. The molecule has 5 heteroatoms. The van der Waals surface area contributed by atoms with Crippen LogP contribution in [-0.2, 0) is 9.84 Å². The van der Waals surface area contributed by atoms with Gasteiger partial charge in [-0.15, -0.1) is 0 Å². The molecule has 0 bridgehead atoms. The van der Waals surface area contributed by atoms with E-state index >= 15 is 0 Å². The highest BCUT2D eigenvalue weighted by Gasteiger charge is 2.18. The quantitative estimate of drug-likeness (QED) is 0.710. The number of sulfone groups is 1. The van der Waals surface area contributed by atoms with E-state index < -0.39 is 9.84 Å². The van der Waals surface area contributed by atoms with Crippen molar-refractivity contribution in [3.63, 3.8) is 0 Å². The minimum atomic E-state index is -2.83. The maximum atomic E-state index is 10.9. The van der Waals surface area contributed by atoms with Crippen molar-refractivity contribution in [2.75, 3.05) is 38.2 Å². The third kappa shape index (κ3) is 4.39. The second-order valence-corrected chi connectivity index (χ2v) is 6.36. The van der Waals surface area contributed by atoms with Gasteiger partial charge in [0.1, 0.15) is 9.84 Å². The van der Waals surface area contributed by atoms with Gasteiger partial charge in [0.25, 0.3) is 0 Å². The zero-order valence-electron chi connectivity index (χ0n) is 8.65. The second kappa shape index (κ2) is 5.09. The second-order valence-electron chi connectivity index (χ2n) is 4.10. The third-order valence-corrected chi connectivity index (χ3v) is 3.67. The summed E-state index contributed by atoms with van der Waals surface area (Å²) >= 11 is 0. The lowest BCUT2D eigenvalue weighted by Gasteiger charge is -2.30. The Hall–Kier alpha value is -0.130. The number of piperidine rings is 1. The lowest BCUT2D eigenvalue weighted by molar-refractivity contribution is 0.136. The smallest absolute Gasteiger partial charge is 0.148 e. The van der Waals surface area contributed by atoms with Gasteiger partial charge in [0.2, 0.25) is 0 Å². The summed E-state index contributed by atoms with van der Waals surface area (Å²) in [7, 11) is -2.83. The van der Waals surface area contributed by atoms with Gasteiger partial charge in [-0.1, -0.05) is 0 Å². The van der Waals surface area contributed by atoms with Crippen molar-refractivity contribution in [1.82, 2.24) is 4.90 Å². The van der Waals surface area contributed by atoms with Crippen molar-refractivity contribution in [2.45, 2.75) is 12.8 Å². The average Bonchev–Trinajstić information content (AvgIpc) is 2.14. The van der Waals surface area contributed by atoms with Gasteiger partial charge >= 0.3 is 0 Å². The number of nitrogens with zero attached hydrogens (tertiary/aromatic N) is 1. The molecule has 0 aromatic rings. The first kappa shape index (κ1) is 11.9. The minimum Gasteiger partial charge on any atom is -0.396 e. The zero-order chi connectivity index (χ0) is 10.6. The summed E-state index contributed by atoms with van der Waals surface area (Å²) in [5.41, 5.74) is 0. The van der Waals surface area contributed by atoms with Gasteiger partial charge < -0.3 is 10.0 Å². The van der Waals surface area contributed by atoms with E-state index in [1.54, 1.807) is 0 Å². The molecule has 1 rings (SSSR count). The molecule has 1 fully saturated rings. The van der Waals surface area contributed by atoms with Crippen LogP contribution < -0.4 is 0 Å². The fourth-order valence-electron chi connectivity index (χ4n) is 1.69. The van der Waals surface area contributed by atoms with Crippen LogP contribution in [0, 0.1) is 5.92 Å². The first-order valence-corrected chi connectivity index (χ1v) is 7.08. The lowest BCUT2D eigenvalue weighted by Crippen LogP contribution is -2.37. The number of rotatable bonds is 4. The molecule has 0 atom stereocenters. The maximum absolute atomic E-state index is 10.9. The fraction of sp³-hybridized carbons (Fsp3) is 1.00. The van der Waals surface area contributed by atoms with Crippen molar-refractivity contribution in [3.8, 4) is 0 Å². The molecule has 4 nitrogen and oxygen atoms in total. The minimum absolute atomic E-state index is 0.247. The Morgan fingerprint density at radius 3 is 2.36 bits per heavy atom. The molecule has 1 aliphatic heterocycles. The van der Waals surface area contributed by atoms with E-state index in [0.717, 1.165) is 25.9 Å². The molecule has 0 saturated carbocycles. The molecule has 0 aromatic carbocycles. The highest BCUT2D eigenvalue weighted by Crippen LogP contribution is 2.15. The molecule has 0 unspecified atom stereocenters. The first-order valence-electron chi connectivity index (χ1n) is 5.02. The van der Waals surface area contributed by atoms with Gasteiger partial charge in [0.05, 0.1) is 5.75 Å². The van der Waals surface area contributed by atoms with E-state index in [-0.39, 0.29) is 12.4 Å². The number of hydrogen-bond acceptors (Lipinski definition) is 4. The Morgan fingerprint density at radius 1 is 1.36 bits per heavy atom. The molecule has 1 aliphatic rings. The Balaban J connectivity index is 2.23. The summed E-state index contributed by atoms with van der Waals surface area (Å²) in [4.78, 5) is 2.16. The third-order valence-electron chi connectivity index (χ3n) is 2.74. The van der Waals surface area contributed by atoms with E-state index in [2.05, 4.69) is 4.90 Å². The SMILES string of the molecule is CS(=O)(=O)CCN1CCC(CO)CC1. The van der Waals surface area contributed by atoms with Crippen LogP contribution in [0.1, 0.15) is 12.8 Å². The van der Waals surface area contributed by atoms with Crippen molar-refractivity contribution < 1.29 is 13.5 Å². The Kier molecular flexibility index (Phi) is 4.34. The summed E-state index contributed by atoms with van der Waals surface area (Å²) in [5.74, 6) is 0.668. The standard InChI is InChI=1S/C9H19NO3S/c1-14(12,13)7-6-10-4-2-9(8-11)3-5-10/h9,11H,2-8H2,1H3. The monoisotopic (exact) mass is 221 g/mol. The normalized spacial score (nSPS) is 21.3. The number of aliphatic hydroxyl groups excluding tert-OH is 1. The van der Waals surface area contributed by atoms with Crippen LogP contribution in [0.5, 0.6) is 0 Å². The fourth-order valence-corrected chi connectivity index (χ4v) is 2.28. The first-order chi connectivity index (χ1) is 6.51. The Bertz CT molecular complexity index is 255.